The SMILES string of the molecule is CO[C@@]1(C)C[C@@H](NC(=O)c2cc(C(N)=O)cs2)C1(C)C. The van der Waals surface area contributed by atoms with Crippen LogP contribution in [0.1, 0.15) is 47.2 Å². The van der Waals surface area contributed by atoms with Gasteiger partial charge in [-0.1, -0.05) is 13.8 Å². The van der Waals surface area contributed by atoms with E-state index >= 15 is 0 Å². The lowest BCUT2D eigenvalue weighted by molar-refractivity contribution is -0.177. The van der Waals surface area contributed by atoms with Gasteiger partial charge in [-0.05, 0) is 19.4 Å². The van der Waals surface area contributed by atoms with E-state index in [0.29, 0.717) is 10.4 Å². The van der Waals surface area contributed by atoms with Crippen molar-refractivity contribution in [2.75, 3.05) is 7.11 Å². The third-order valence-corrected chi connectivity index (χ3v) is 5.62. The summed E-state index contributed by atoms with van der Waals surface area (Å²) in [6, 6.07) is 1.59. The highest BCUT2D eigenvalue weighted by Gasteiger charge is 2.58. The van der Waals surface area contributed by atoms with Crippen molar-refractivity contribution in [1.29, 1.82) is 0 Å². The molecule has 1 aromatic heterocycles. The van der Waals surface area contributed by atoms with E-state index in [1.807, 2.05) is 6.92 Å². The molecular weight excluding hydrogens is 276 g/mol. The fourth-order valence-corrected chi connectivity index (χ4v) is 3.34. The van der Waals surface area contributed by atoms with E-state index in [1.165, 1.54) is 17.4 Å². The van der Waals surface area contributed by atoms with E-state index in [9.17, 15) is 9.59 Å². The molecule has 1 heterocycles. The van der Waals surface area contributed by atoms with E-state index in [-0.39, 0.29) is 23.0 Å². The fourth-order valence-electron chi connectivity index (χ4n) is 2.54. The molecule has 1 saturated carbocycles. The number of carbonyl (C=O) groups is 2. The van der Waals surface area contributed by atoms with Gasteiger partial charge in [0.2, 0.25) is 5.91 Å². The summed E-state index contributed by atoms with van der Waals surface area (Å²) in [7, 11) is 1.69. The normalized spacial score (nSPS) is 27.7. The highest BCUT2D eigenvalue weighted by molar-refractivity contribution is 7.12. The molecule has 2 amide bonds. The molecule has 110 valence electrons. The first kappa shape index (κ1) is 15.0. The van der Waals surface area contributed by atoms with Gasteiger partial charge in [0.1, 0.15) is 0 Å². The monoisotopic (exact) mass is 296 g/mol. The first-order chi connectivity index (χ1) is 9.21. The molecule has 1 aliphatic carbocycles. The molecule has 0 unspecified atom stereocenters. The Bertz CT molecular complexity index is 552. The van der Waals surface area contributed by atoms with Crippen LogP contribution in [0.5, 0.6) is 0 Å². The minimum absolute atomic E-state index is 0.0547. The molecule has 0 aromatic carbocycles. The average molecular weight is 296 g/mol. The summed E-state index contributed by atoms with van der Waals surface area (Å²) in [6.45, 7) is 6.20. The summed E-state index contributed by atoms with van der Waals surface area (Å²) >= 11 is 1.22. The molecular formula is C14H20N2O3S. The predicted octanol–water partition coefficient (Wildman–Crippen LogP) is 1.78. The molecule has 0 radical (unpaired) electrons. The second-order valence-electron chi connectivity index (χ2n) is 5.95. The smallest absolute Gasteiger partial charge is 0.261 e. The van der Waals surface area contributed by atoms with Crippen LogP contribution in [0.15, 0.2) is 11.4 Å². The van der Waals surface area contributed by atoms with Crippen molar-refractivity contribution in [3.8, 4) is 0 Å². The molecule has 1 aliphatic rings. The predicted molar refractivity (Wildman–Crippen MR) is 77.9 cm³/mol. The number of amides is 2. The fraction of sp³-hybridized carbons (Fsp3) is 0.571. The quantitative estimate of drug-likeness (QED) is 0.888. The van der Waals surface area contributed by atoms with Gasteiger partial charge in [0.05, 0.1) is 16.0 Å². The minimum atomic E-state index is -0.517. The Labute approximate surface area is 122 Å². The number of rotatable bonds is 4. The van der Waals surface area contributed by atoms with E-state index < -0.39 is 5.91 Å². The maximum Gasteiger partial charge on any atom is 0.261 e. The van der Waals surface area contributed by atoms with E-state index in [4.69, 9.17) is 10.5 Å². The highest BCUT2D eigenvalue weighted by atomic mass is 32.1. The standard InChI is InChI=1S/C14H20N2O3S/c1-13(2)10(6-14(13,3)19-4)16-12(18)9-5-8(7-20-9)11(15)17/h5,7,10H,6H2,1-4H3,(H2,15,17)(H,16,18)/t10-,14+/m1/s1. The van der Waals surface area contributed by atoms with Crippen LogP contribution < -0.4 is 11.1 Å². The molecule has 2 atom stereocenters. The topological polar surface area (TPSA) is 81.4 Å². The molecule has 0 aliphatic heterocycles. The minimum Gasteiger partial charge on any atom is -0.378 e. The summed E-state index contributed by atoms with van der Waals surface area (Å²) in [5.74, 6) is -0.685. The van der Waals surface area contributed by atoms with Crippen molar-refractivity contribution < 1.29 is 14.3 Å². The van der Waals surface area contributed by atoms with Crippen molar-refractivity contribution in [2.45, 2.75) is 38.8 Å². The number of primary amides is 1. The molecule has 5 nitrogen and oxygen atoms in total. The van der Waals surface area contributed by atoms with Gasteiger partial charge in [0.15, 0.2) is 0 Å². The van der Waals surface area contributed by atoms with Gasteiger partial charge >= 0.3 is 0 Å². The van der Waals surface area contributed by atoms with Crippen LogP contribution in [-0.2, 0) is 4.74 Å². The summed E-state index contributed by atoms with van der Waals surface area (Å²) in [5, 5.41) is 4.60. The Morgan fingerprint density at radius 1 is 1.45 bits per heavy atom. The molecule has 1 fully saturated rings. The van der Waals surface area contributed by atoms with Crippen LogP contribution in [0, 0.1) is 5.41 Å². The number of nitrogens with two attached hydrogens (primary N) is 1. The Morgan fingerprint density at radius 2 is 2.10 bits per heavy atom. The highest BCUT2D eigenvalue weighted by Crippen LogP contribution is 2.51. The lowest BCUT2D eigenvalue weighted by atomic mass is 9.56. The van der Waals surface area contributed by atoms with Gasteiger partial charge < -0.3 is 15.8 Å². The number of carbonyl (C=O) groups excluding carboxylic acids is 2. The summed E-state index contributed by atoms with van der Waals surface area (Å²) in [6.07, 6.45) is 0.774. The van der Waals surface area contributed by atoms with E-state index in [2.05, 4.69) is 19.2 Å². The van der Waals surface area contributed by atoms with Crippen molar-refractivity contribution in [3.63, 3.8) is 0 Å². The maximum atomic E-state index is 12.2. The van der Waals surface area contributed by atoms with Crippen LogP contribution in [0.4, 0.5) is 0 Å². The van der Waals surface area contributed by atoms with Crippen molar-refractivity contribution in [1.82, 2.24) is 5.32 Å². The summed E-state index contributed by atoms with van der Waals surface area (Å²) < 4.78 is 5.53. The lowest BCUT2D eigenvalue weighted by Crippen LogP contribution is -2.68. The Hall–Kier alpha value is -1.40. The van der Waals surface area contributed by atoms with Gasteiger partial charge in [-0.25, -0.2) is 0 Å². The number of thiophene rings is 1. The first-order valence-electron chi connectivity index (χ1n) is 6.45. The van der Waals surface area contributed by atoms with Gasteiger partial charge in [-0.3, -0.25) is 9.59 Å². The van der Waals surface area contributed by atoms with Crippen molar-refractivity contribution in [2.24, 2.45) is 11.1 Å². The van der Waals surface area contributed by atoms with Gasteiger partial charge in [0, 0.05) is 23.9 Å². The van der Waals surface area contributed by atoms with Gasteiger partial charge in [-0.2, -0.15) is 0 Å². The number of ether oxygens (including phenoxy) is 1. The molecule has 0 spiro atoms. The number of hydrogen-bond acceptors (Lipinski definition) is 4. The molecule has 2 rings (SSSR count). The molecule has 6 heteroatoms. The molecule has 0 saturated heterocycles. The number of nitrogens with one attached hydrogen (secondary N) is 1. The molecule has 3 N–H and O–H groups in total. The zero-order valence-corrected chi connectivity index (χ0v) is 13.0. The zero-order valence-electron chi connectivity index (χ0n) is 12.1. The Balaban J connectivity index is 2.04. The second-order valence-corrected chi connectivity index (χ2v) is 6.86. The van der Waals surface area contributed by atoms with E-state index in [1.54, 1.807) is 12.5 Å². The lowest BCUT2D eigenvalue weighted by Gasteiger charge is -2.59. The van der Waals surface area contributed by atoms with Crippen LogP contribution in [-0.4, -0.2) is 30.6 Å². The summed E-state index contributed by atoms with van der Waals surface area (Å²) in [5.41, 5.74) is 5.19. The van der Waals surface area contributed by atoms with Crippen LogP contribution in [0.25, 0.3) is 0 Å². The number of methoxy groups -OCH3 is 1. The third kappa shape index (κ3) is 2.23. The average Bonchev–Trinajstić information content (AvgIpc) is 2.87. The third-order valence-electron chi connectivity index (χ3n) is 4.69. The van der Waals surface area contributed by atoms with Crippen LogP contribution >= 0.6 is 11.3 Å². The zero-order chi connectivity index (χ0) is 15.1. The molecule has 0 bridgehead atoms. The Kier molecular flexibility index (Phi) is 3.64. The second kappa shape index (κ2) is 4.86. The molecule has 1 aromatic rings. The van der Waals surface area contributed by atoms with Gasteiger partial charge in [0.25, 0.3) is 5.91 Å². The largest absolute Gasteiger partial charge is 0.378 e. The summed E-state index contributed by atoms with van der Waals surface area (Å²) in [4.78, 5) is 23.7. The van der Waals surface area contributed by atoms with Crippen molar-refractivity contribution >= 4 is 23.2 Å². The van der Waals surface area contributed by atoms with Crippen LogP contribution in [0.3, 0.4) is 0 Å². The number of hydrogen-bond donors (Lipinski definition) is 2. The molecule has 20 heavy (non-hydrogen) atoms. The van der Waals surface area contributed by atoms with Crippen molar-refractivity contribution in [3.05, 3.63) is 21.9 Å². The van der Waals surface area contributed by atoms with Crippen LogP contribution in [0.2, 0.25) is 0 Å². The maximum absolute atomic E-state index is 12.2. The first-order valence-corrected chi connectivity index (χ1v) is 7.33. The Morgan fingerprint density at radius 3 is 2.55 bits per heavy atom. The van der Waals surface area contributed by atoms with E-state index in [0.717, 1.165) is 6.42 Å². The van der Waals surface area contributed by atoms with Gasteiger partial charge in [-0.15, -0.1) is 11.3 Å².